The van der Waals surface area contributed by atoms with E-state index in [1.807, 2.05) is 0 Å². The number of hydrogen-bond donors (Lipinski definition) is 3. The molecule has 0 heterocycles. The Hall–Kier alpha value is -0.590. The van der Waals surface area contributed by atoms with Crippen molar-refractivity contribution in [3.05, 3.63) is 0 Å². The fourth-order valence-electron chi connectivity index (χ4n) is 0.322. The fourth-order valence-corrected chi connectivity index (χ4v) is 0.823. The largest absolute Gasteiger partial charge is 0.282 e. The standard InChI is InChI=1S/C4H11N3O2S/c1-5-4(6-2)7-10(3,8)9/h8-9H,1H2,2-3H3,(H,6,7). The van der Waals surface area contributed by atoms with Crippen molar-refractivity contribution in [1.29, 1.82) is 0 Å². The van der Waals surface area contributed by atoms with E-state index in [2.05, 4.69) is 21.4 Å². The zero-order valence-corrected chi connectivity index (χ0v) is 6.72. The molecule has 10 heavy (non-hydrogen) atoms. The van der Waals surface area contributed by atoms with Gasteiger partial charge in [0.15, 0.2) is 0 Å². The summed E-state index contributed by atoms with van der Waals surface area (Å²) in [6.07, 6.45) is 1.24. The molecule has 0 unspecified atom stereocenters. The van der Waals surface area contributed by atoms with E-state index < -0.39 is 10.8 Å². The van der Waals surface area contributed by atoms with Gasteiger partial charge in [-0.3, -0.25) is 18.8 Å². The lowest BCUT2D eigenvalue weighted by atomic mass is 11.0. The van der Waals surface area contributed by atoms with Crippen molar-refractivity contribution in [2.45, 2.75) is 0 Å². The van der Waals surface area contributed by atoms with E-state index in [4.69, 9.17) is 9.11 Å². The van der Waals surface area contributed by atoms with E-state index >= 15 is 0 Å². The van der Waals surface area contributed by atoms with Crippen LogP contribution in [0.3, 0.4) is 0 Å². The van der Waals surface area contributed by atoms with Crippen molar-refractivity contribution in [1.82, 2.24) is 4.72 Å². The molecule has 0 aliphatic rings. The van der Waals surface area contributed by atoms with Crippen LogP contribution in [0, 0.1) is 0 Å². The van der Waals surface area contributed by atoms with Gasteiger partial charge >= 0.3 is 0 Å². The average molecular weight is 165 g/mol. The third kappa shape index (κ3) is 4.30. The maximum absolute atomic E-state index is 8.81. The molecule has 5 nitrogen and oxygen atoms in total. The van der Waals surface area contributed by atoms with Gasteiger partial charge in [0.2, 0.25) is 5.96 Å². The van der Waals surface area contributed by atoms with Gasteiger partial charge < -0.3 is 0 Å². The van der Waals surface area contributed by atoms with Crippen molar-refractivity contribution in [3.63, 3.8) is 0 Å². The van der Waals surface area contributed by atoms with Crippen LogP contribution < -0.4 is 4.72 Å². The molecule has 3 N–H and O–H groups in total. The molecule has 60 valence electrons. The maximum Gasteiger partial charge on any atom is 0.235 e. The van der Waals surface area contributed by atoms with E-state index in [0.717, 1.165) is 0 Å². The van der Waals surface area contributed by atoms with E-state index in [1.165, 1.54) is 13.3 Å². The molecule has 0 aromatic rings. The minimum Gasteiger partial charge on any atom is -0.282 e. The van der Waals surface area contributed by atoms with Crippen molar-refractivity contribution < 1.29 is 9.11 Å². The van der Waals surface area contributed by atoms with Gasteiger partial charge in [0, 0.05) is 13.3 Å². The van der Waals surface area contributed by atoms with Crippen molar-refractivity contribution in [2.24, 2.45) is 9.98 Å². The van der Waals surface area contributed by atoms with Gasteiger partial charge in [-0.25, -0.2) is 4.99 Å². The molecule has 0 bridgehead atoms. The van der Waals surface area contributed by atoms with E-state index in [1.54, 1.807) is 0 Å². The molecule has 0 saturated carbocycles. The van der Waals surface area contributed by atoms with Crippen LogP contribution in [-0.2, 0) is 0 Å². The quantitative estimate of drug-likeness (QED) is 0.392. The molecule has 0 atom stereocenters. The van der Waals surface area contributed by atoms with Gasteiger partial charge in [-0.1, -0.05) is 0 Å². The summed E-state index contributed by atoms with van der Waals surface area (Å²) in [5.74, 6) is 0.127. The highest BCUT2D eigenvalue weighted by Crippen LogP contribution is 2.26. The second-order valence-electron chi connectivity index (χ2n) is 1.64. The predicted molar refractivity (Wildman–Crippen MR) is 44.8 cm³/mol. The first-order valence-corrected chi connectivity index (χ1v) is 4.39. The molecule has 0 aromatic carbocycles. The molecule has 0 amide bonds. The zero-order chi connectivity index (χ0) is 8.20. The highest BCUT2D eigenvalue weighted by Gasteiger charge is 2.03. The summed E-state index contributed by atoms with van der Waals surface area (Å²) in [5.41, 5.74) is 0. The second kappa shape index (κ2) is 3.55. The monoisotopic (exact) mass is 165 g/mol. The number of nitrogens with one attached hydrogen (secondary N) is 1. The Morgan fingerprint density at radius 1 is 1.60 bits per heavy atom. The van der Waals surface area contributed by atoms with Crippen molar-refractivity contribution in [2.75, 3.05) is 13.3 Å². The molecule has 0 saturated heterocycles. The fraction of sp³-hybridized carbons (Fsp3) is 0.500. The van der Waals surface area contributed by atoms with Crippen molar-refractivity contribution in [3.8, 4) is 0 Å². The second-order valence-corrected chi connectivity index (χ2v) is 3.51. The molecule has 0 radical (unpaired) electrons. The molecular weight excluding hydrogens is 154 g/mol. The Morgan fingerprint density at radius 3 is 2.20 bits per heavy atom. The summed E-state index contributed by atoms with van der Waals surface area (Å²) in [4.78, 5) is 6.95. The molecule has 6 heteroatoms. The Bertz CT molecular complexity index is 151. The smallest absolute Gasteiger partial charge is 0.235 e. The summed E-state index contributed by atoms with van der Waals surface area (Å²) in [7, 11) is -1.29. The third-order valence-corrected chi connectivity index (χ3v) is 1.22. The lowest BCUT2D eigenvalue weighted by Gasteiger charge is -2.27. The summed E-state index contributed by atoms with van der Waals surface area (Å²) in [5, 5.41) is 0. The Morgan fingerprint density at radius 2 is 2.10 bits per heavy atom. The number of aliphatic imine (C=N–C) groups is 2. The Labute approximate surface area is 61.4 Å². The molecule has 0 aromatic heterocycles. The Balaban J connectivity index is 4.01. The first-order chi connectivity index (χ1) is 4.49. The van der Waals surface area contributed by atoms with Gasteiger partial charge in [0.1, 0.15) is 0 Å². The summed E-state index contributed by atoms with van der Waals surface area (Å²) in [6, 6.07) is 0. The van der Waals surface area contributed by atoms with Crippen LogP contribution in [-0.4, -0.2) is 35.1 Å². The van der Waals surface area contributed by atoms with Crippen molar-refractivity contribution >= 4 is 23.5 Å². The SMILES string of the molecule is C=NC(=NC)NS(C)(O)O. The molecule has 0 spiro atoms. The normalized spacial score (nSPS) is 14.6. The summed E-state index contributed by atoms with van der Waals surface area (Å²) >= 11 is 0. The van der Waals surface area contributed by atoms with Crippen LogP contribution in [0.15, 0.2) is 9.98 Å². The topological polar surface area (TPSA) is 77.2 Å². The average Bonchev–Trinajstić information content (AvgIpc) is 1.81. The molecule has 0 rings (SSSR count). The van der Waals surface area contributed by atoms with E-state index in [-0.39, 0.29) is 5.96 Å². The first-order valence-electron chi connectivity index (χ1n) is 2.44. The number of nitrogens with zero attached hydrogens (tertiary/aromatic N) is 2. The predicted octanol–water partition coefficient (Wildman–Crippen LogP) is 0.558. The molecule has 0 aliphatic carbocycles. The van der Waals surface area contributed by atoms with Crippen LogP contribution in [0.2, 0.25) is 0 Å². The van der Waals surface area contributed by atoms with E-state index in [0.29, 0.717) is 0 Å². The van der Waals surface area contributed by atoms with Crippen LogP contribution in [0.25, 0.3) is 0 Å². The van der Waals surface area contributed by atoms with Crippen LogP contribution in [0.4, 0.5) is 0 Å². The minimum atomic E-state index is -2.76. The van der Waals surface area contributed by atoms with Gasteiger partial charge in [-0.2, -0.15) is 0 Å². The zero-order valence-electron chi connectivity index (χ0n) is 5.90. The summed E-state index contributed by atoms with van der Waals surface area (Å²) < 4.78 is 19.9. The number of guanidine groups is 1. The van der Waals surface area contributed by atoms with Gasteiger partial charge in [-0.15, -0.1) is 10.8 Å². The lowest BCUT2D eigenvalue weighted by molar-refractivity contribution is 0.489. The first kappa shape index (κ1) is 9.41. The molecule has 0 aliphatic heterocycles. The van der Waals surface area contributed by atoms with Gasteiger partial charge in [0.05, 0.1) is 0 Å². The highest BCUT2D eigenvalue weighted by atomic mass is 32.3. The Kier molecular flexibility index (Phi) is 3.34. The van der Waals surface area contributed by atoms with E-state index in [9.17, 15) is 0 Å². The third-order valence-electron chi connectivity index (χ3n) is 0.646. The highest BCUT2D eigenvalue weighted by molar-refractivity contribution is 8.22. The van der Waals surface area contributed by atoms with Crippen LogP contribution in [0.5, 0.6) is 0 Å². The van der Waals surface area contributed by atoms with Crippen LogP contribution >= 0.6 is 10.8 Å². The minimum absolute atomic E-state index is 0.127. The number of hydrogen-bond acceptors (Lipinski definition) is 3. The van der Waals surface area contributed by atoms with Crippen LogP contribution in [0.1, 0.15) is 0 Å². The number of rotatable bonds is 1. The maximum atomic E-state index is 8.81. The lowest BCUT2D eigenvalue weighted by Crippen LogP contribution is -2.24. The molecule has 0 fully saturated rings. The molecular formula is C4H11N3O2S. The summed E-state index contributed by atoms with van der Waals surface area (Å²) in [6.45, 7) is 3.16. The van der Waals surface area contributed by atoms with Gasteiger partial charge in [-0.05, 0) is 6.72 Å². The van der Waals surface area contributed by atoms with Gasteiger partial charge in [0.25, 0.3) is 0 Å².